The van der Waals surface area contributed by atoms with Crippen molar-refractivity contribution < 1.29 is 18.7 Å². The van der Waals surface area contributed by atoms with E-state index in [0.29, 0.717) is 17.9 Å². The first-order valence-electron chi connectivity index (χ1n) is 7.38. The maximum absolute atomic E-state index is 13.9. The molecule has 0 unspecified atom stereocenters. The largest absolute Gasteiger partial charge is 0.468 e. The summed E-state index contributed by atoms with van der Waals surface area (Å²) in [7, 11) is 1.63. The van der Waals surface area contributed by atoms with Crippen LogP contribution in [0.25, 0.3) is 5.70 Å². The van der Waals surface area contributed by atoms with E-state index in [0.717, 1.165) is 12.0 Å². The van der Waals surface area contributed by atoms with Gasteiger partial charge in [0.2, 0.25) is 5.90 Å². The van der Waals surface area contributed by atoms with E-state index in [1.165, 1.54) is 11.1 Å². The summed E-state index contributed by atoms with van der Waals surface area (Å²) in [5.74, 6) is -0.555. The highest BCUT2D eigenvalue weighted by Crippen LogP contribution is 2.20. The Morgan fingerprint density at radius 1 is 1.39 bits per heavy atom. The first-order chi connectivity index (χ1) is 10.8. The summed E-state index contributed by atoms with van der Waals surface area (Å²) in [5, 5.41) is 5.53. The van der Waals surface area contributed by atoms with Crippen molar-refractivity contribution in [2.75, 3.05) is 20.3 Å². The Kier molecular flexibility index (Phi) is 7.25. The molecule has 0 spiro atoms. The van der Waals surface area contributed by atoms with Gasteiger partial charge in [0, 0.05) is 19.5 Å². The van der Waals surface area contributed by atoms with Crippen molar-refractivity contribution >= 4 is 17.6 Å². The molecule has 0 atom stereocenters. The number of halogens is 1. The van der Waals surface area contributed by atoms with Crippen LogP contribution in [0.5, 0.6) is 0 Å². The molecular formula is C17H23FN2O3. The number of esters is 1. The van der Waals surface area contributed by atoms with Crippen LogP contribution in [-0.4, -0.2) is 37.1 Å². The minimum atomic E-state index is -0.451. The first kappa shape index (κ1) is 18.7. The zero-order chi connectivity index (χ0) is 17.4. The number of benzene rings is 1. The minimum Gasteiger partial charge on any atom is -0.468 e. The molecular weight excluding hydrogens is 299 g/mol. The average molecular weight is 322 g/mol. The molecule has 1 aromatic carbocycles. The third kappa shape index (κ3) is 6.10. The Balaban J connectivity index is 2.63. The van der Waals surface area contributed by atoms with Crippen LogP contribution in [0.2, 0.25) is 0 Å². The topological polar surface area (TPSA) is 51.1 Å². The second-order valence-electron chi connectivity index (χ2n) is 5.08. The normalized spacial score (nSPS) is 11.1. The van der Waals surface area contributed by atoms with Crippen molar-refractivity contribution in [1.29, 1.82) is 0 Å². The lowest BCUT2D eigenvalue weighted by Gasteiger charge is -2.18. The standard InChI is InChI=1S/C17H23FN2O3/c1-6-9-22-17(21)11-23-14(4)19-20(5)13(3)15-8-7-12(2)10-16(15)18/h7-8,10H,3,6,9,11H2,1-2,4-5H3/b19-14+. The lowest BCUT2D eigenvalue weighted by Crippen LogP contribution is -2.18. The molecule has 0 saturated carbocycles. The Morgan fingerprint density at radius 3 is 2.70 bits per heavy atom. The second-order valence-corrected chi connectivity index (χ2v) is 5.08. The number of hydrogen-bond acceptors (Lipinski definition) is 5. The van der Waals surface area contributed by atoms with E-state index in [2.05, 4.69) is 11.7 Å². The highest BCUT2D eigenvalue weighted by molar-refractivity contribution is 5.78. The van der Waals surface area contributed by atoms with Gasteiger partial charge in [-0.3, -0.25) is 5.01 Å². The van der Waals surface area contributed by atoms with E-state index in [9.17, 15) is 9.18 Å². The number of hydrazone groups is 1. The van der Waals surface area contributed by atoms with Crippen LogP contribution in [0, 0.1) is 12.7 Å². The Bertz CT molecular complexity index is 600. The summed E-state index contributed by atoms with van der Waals surface area (Å²) in [6, 6.07) is 4.89. The van der Waals surface area contributed by atoms with Gasteiger partial charge < -0.3 is 9.47 Å². The van der Waals surface area contributed by atoms with Gasteiger partial charge in [-0.2, -0.15) is 0 Å². The summed E-state index contributed by atoms with van der Waals surface area (Å²) in [6.45, 7) is 9.31. The van der Waals surface area contributed by atoms with Crippen molar-refractivity contribution in [3.8, 4) is 0 Å². The molecule has 0 fully saturated rings. The number of nitrogens with zero attached hydrogens (tertiary/aromatic N) is 2. The van der Waals surface area contributed by atoms with Crippen molar-refractivity contribution in [3.05, 3.63) is 41.7 Å². The summed E-state index contributed by atoms with van der Waals surface area (Å²) in [5.41, 5.74) is 1.58. The van der Waals surface area contributed by atoms with Crippen LogP contribution >= 0.6 is 0 Å². The molecule has 0 amide bonds. The van der Waals surface area contributed by atoms with E-state index in [1.54, 1.807) is 26.1 Å². The van der Waals surface area contributed by atoms with E-state index in [-0.39, 0.29) is 18.3 Å². The van der Waals surface area contributed by atoms with Crippen molar-refractivity contribution in [2.24, 2.45) is 5.10 Å². The van der Waals surface area contributed by atoms with Crippen LogP contribution in [0.4, 0.5) is 4.39 Å². The second kappa shape index (κ2) is 8.92. The number of rotatable bonds is 7. The predicted octanol–water partition coefficient (Wildman–Crippen LogP) is 3.34. The zero-order valence-electron chi connectivity index (χ0n) is 14.1. The number of ether oxygens (including phenoxy) is 2. The maximum Gasteiger partial charge on any atom is 0.344 e. The monoisotopic (exact) mass is 322 g/mol. The molecule has 0 heterocycles. The molecule has 0 aromatic heterocycles. The van der Waals surface area contributed by atoms with Gasteiger partial charge in [-0.1, -0.05) is 19.6 Å². The SMILES string of the molecule is C=C(c1ccc(C)cc1F)N(C)/N=C(\C)OCC(=O)OCCC. The van der Waals surface area contributed by atoms with Gasteiger partial charge in [-0.05, 0) is 31.0 Å². The van der Waals surface area contributed by atoms with E-state index in [1.807, 2.05) is 13.8 Å². The lowest BCUT2D eigenvalue weighted by molar-refractivity contribution is -0.146. The molecule has 0 saturated heterocycles. The lowest BCUT2D eigenvalue weighted by atomic mass is 10.1. The van der Waals surface area contributed by atoms with E-state index >= 15 is 0 Å². The molecule has 23 heavy (non-hydrogen) atoms. The molecule has 0 bridgehead atoms. The molecule has 1 aromatic rings. The number of hydrogen-bond donors (Lipinski definition) is 0. The van der Waals surface area contributed by atoms with E-state index < -0.39 is 5.97 Å². The Hall–Kier alpha value is -2.37. The summed E-state index contributed by atoms with van der Waals surface area (Å²) >= 11 is 0. The number of aryl methyl sites for hydroxylation is 1. The van der Waals surface area contributed by atoms with Gasteiger partial charge >= 0.3 is 5.97 Å². The van der Waals surface area contributed by atoms with Gasteiger partial charge in [0.15, 0.2) is 6.61 Å². The number of carbonyl (C=O) groups is 1. The predicted molar refractivity (Wildman–Crippen MR) is 88.2 cm³/mol. The highest BCUT2D eigenvalue weighted by Gasteiger charge is 2.11. The molecule has 0 aliphatic heterocycles. The van der Waals surface area contributed by atoms with Crippen LogP contribution in [0.1, 0.15) is 31.4 Å². The molecule has 5 nitrogen and oxygen atoms in total. The van der Waals surface area contributed by atoms with Crippen molar-refractivity contribution in [2.45, 2.75) is 27.2 Å². The molecule has 0 aliphatic rings. The van der Waals surface area contributed by atoms with Crippen LogP contribution in [0.3, 0.4) is 0 Å². The quantitative estimate of drug-likeness (QED) is 0.334. The third-order valence-corrected chi connectivity index (χ3v) is 2.98. The fraction of sp³-hybridized carbons (Fsp3) is 0.412. The molecule has 126 valence electrons. The Labute approximate surface area is 136 Å². The van der Waals surface area contributed by atoms with Gasteiger partial charge in [0.1, 0.15) is 5.82 Å². The number of carbonyl (C=O) groups excluding carboxylic acids is 1. The molecule has 0 radical (unpaired) electrons. The summed E-state index contributed by atoms with van der Waals surface area (Å²) in [4.78, 5) is 11.3. The average Bonchev–Trinajstić information content (AvgIpc) is 2.50. The fourth-order valence-electron chi connectivity index (χ4n) is 1.75. The van der Waals surface area contributed by atoms with Crippen molar-refractivity contribution in [3.63, 3.8) is 0 Å². The van der Waals surface area contributed by atoms with Crippen LogP contribution < -0.4 is 0 Å². The Morgan fingerprint density at radius 2 is 2.09 bits per heavy atom. The molecule has 0 aliphatic carbocycles. The minimum absolute atomic E-state index is 0.214. The molecule has 1 rings (SSSR count). The summed E-state index contributed by atoms with van der Waals surface area (Å²) in [6.07, 6.45) is 0.753. The van der Waals surface area contributed by atoms with Gasteiger partial charge in [-0.25, -0.2) is 9.18 Å². The van der Waals surface area contributed by atoms with Crippen molar-refractivity contribution in [1.82, 2.24) is 5.01 Å². The zero-order valence-corrected chi connectivity index (χ0v) is 14.1. The van der Waals surface area contributed by atoms with Gasteiger partial charge in [0.25, 0.3) is 0 Å². The van der Waals surface area contributed by atoms with Gasteiger partial charge in [0.05, 0.1) is 12.3 Å². The van der Waals surface area contributed by atoms with E-state index in [4.69, 9.17) is 9.47 Å². The highest BCUT2D eigenvalue weighted by atomic mass is 19.1. The first-order valence-corrected chi connectivity index (χ1v) is 7.38. The smallest absolute Gasteiger partial charge is 0.344 e. The fourth-order valence-corrected chi connectivity index (χ4v) is 1.75. The molecule has 0 N–H and O–H groups in total. The van der Waals surface area contributed by atoms with Crippen LogP contribution in [0.15, 0.2) is 29.9 Å². The maximum atomic E-state index is 13.9. The third-order valence-electron chi connectivity index (χ3n) is 2.98. The van der Waals surface area contributed by atoms with Gasteiger partial charge in [-0.15, -0.1) is 5.10 Å². The summed E-state index contributed by atoms with van der Waals surface area (Å²) < 4.78 is 24.0. The van der Waals surface area contributed by atoms with Crippen LogP contribution in [-0.2, 0) is 14.3 Å². The molecule has 6 heteroatoms.